The number of carbonyl (C=O) groups excluding carboxylic acids is 1. The van der Waals surface area contributed by atoms with Crippen LogP contribution in [0, 0.1) is 5.82 Å². The van der Waals surface area contributed by atoms with Crippen LogP contribution in [0.2, 0.25) is 0 Å². The lowest BCUT2D eigenvalue weighted by atomic mass is 9.81. The van der Waals surface area contributed by atoms with E-state index in [0.717, 1.165) is 0 Å². The van der Waals surface area contributed by atoms with E-state index in [0.29, 0.717) is 29.8 Å². The number of hydrogen-bond donors (Lipinski definition) is 3. The second-order valence-electron chi connectivity index (χ2n) is 8.62. The highest BCUT2D eigenvalue weighted by molar-refractivity contribution is 7.89. The van der Waals surface area contributed by atoms with E-state index in [1.165, 1.54) is 24.3 Å². The van der Waals surface area contributed by atoms with Crippen molar-refractivity contribution in [2.24, 2.45) is 0 Å². The highest BCUT2D eigenvalue weighted by Gasteiger charge is 2.45. The number of carbonyl (C=O) groups is 2. The van der Waals surface area contributed by atoms with E-state index in [1.54, 1.807) is 6.92 Å². The number of carboxylic acid groups (broad SMARTS) is 1. The van der Waals surface area contributed by atoms with Crippen molar-refractivity contribution in [3.63, 3.8) is 0 Å². The molecule has 36 heavy (non-hydrogen) atoms. The van der Waals surface area contributed by atoms with Gasteiger partial charge in [0, 0.05) is 0 Å². The Kier molecular flexibility index (Phi) is 7.65. The zero-order chi connectivity index (χ0) is 26.9. The third-order valence-corrected chi connectivity index (χ3v) is 8.02. The molecule has 0 bridgehead atoms. The lowest BCUT2D eigenvalue weighted by molar-refractivity contribution is -0.144. The highest BCUT2D eigenvalue weighted by atomic mass is 32.2. The molecule has 2 aromatic rings. The maximum Gasteiger partial charge on any atom is 0.421 e. The van der Waals surface area contributed by atoms with Crippen LogP contribution in [0.1, 0.15) is 49.8 Å². The van der Waals surface area contributed by atoms with Crippen molar-refractivity contribution in [1.82, 2.24) is 9.62 Å². The lowest BCUT2D eigenvalue weighted by Gasteiger charge is -2.38. The molecule has 0 aromatic heterocycles. The summed E-state index contributed by atoms with van der Waals surface area (Å²) in [7, 11) is -4.72. The molecular formula is C23H24F4N2O6S. The molecule has 0 radical (unpaired) electrons. The number of benzene rings is 2. The summed E-state index contributed by atoms with van der Waals surface area (Å²) in [6, 6.07) is 6.10. The summed E-state index contributed by atoms with van der Waals surface area (Å²) in [5, 5.41) is 23.1. The first kappa shape index (κ1) is 27.4. The summed E-state index contributed by atoms with van der Waals surface area (Å²) in [5.41, 5.74) is -2.40. The van der Waals surface area contributed by atoms with Gasteiger partial charge >= 0.3 is 12.3 Å². The summed E-state index contributed by atoms with van der Waals surface area (Å²) in [6.45, 7) is 1.63. The molecule has 1 atom stereocenters. The largest absolute Gasteiger partial charge is 0.464 e. The van der Waals surface area contributed by atoms with Crippen molar-refractivity contribution in [3.8, 4) is 0 Å². The van der Waals surface area contributed by atoms with Crippen LogP contribution in [0.5, 0.6) is 0 Å². The molecular weight excluding hydrogens is 508 g/mol. The smallest absolute Gasteiger partial charge is 0.421 e. The second kappa shape index (κ2) is 10.1. The Morgan fingerprint density at radius 2 is 1.58 bits per heavy atom. The number of alkyl halides is 3. The Morgan fingerprint density at radius 1 is 1.06 bits per heavy atom. The van der Waals surface area contributed by atoms with Crippen LogP contribution < -0.4 is 5.32 Å². The van der Waals surface area contributed by atoms with E-state index in [-0.39, 0.29) is 30.0 Å². The zero-order valence-electron chi connectivity index (χ0n) is 19.0. The van der Waals surface area contributed by atoms with Gasteiger partial charge in [0.05, 0.1) is 22.5 Å². The predicted octanol–water partition coefficient (Wildman–Crippen LogP) is 4.06. The third-order valence-electron chi connectivity index (χ3n) is 6.18. The second-order valence-corrected chi connectivity index (χ2v) is 10.4. The lowest BCUT2D eigenvalue weighted by Crippen LogP contribution is -2.54. The summed E-state index contributed by atoms with van der Waals surface area (Å²) in [5.74, 6) is -1.20. The van der Waals surface area contributed by atoms with Crippen LogP contribution in [0.15, 0.2) is 53.4 Å². The molecule has 1 fully saturated rings. The van der Waals surface area contributed by atoms with Gasteiger partial charge in [-0.2, -0.15) is 17.5 Å². The number of amides is 2. The van der Waals surface area contributed by atoms with Gasteiger partial charge in [-0.15, -0.1) is 0 Å². The molecule has 3 rings (SSSR count). The fourth-order valence-electron chi connectivity index (χ4n) is 4.09. The van der Waals surface area contributed by atoms with Gasteiger partial charge in [-0.1, -0.05) is 12.1 Å². The molecule has 1 aliphatic rings. The van der Waals surface area contributed by atoms with Gasteiger partial charge in [0.1, 0.15) is 11.4 Å². The molecule has 8 nitrogen and oxygen atoms in total. The number of hydrogen-bond acceptors (Lipinski definition) is 5. The van der Waals surface area contributed by atoms with Crippen LogP contribution in [-0.4, -0.2) is 46.6 Å². The Labute approximate surface area is 204 Å². The normalized spacial score (nSPS) is 21.4. The van der Waals surface area contributed by atoms with E-state index < -0.39 is 62.2 Å². The van der Waals surface area contributed by atoms with Gasteiger partial charge < -0.3 is 15.5 Å². The molecule has 1 aliphatic carbocycles. The molecule has 0 spiro atoms. The van der Waals surface area contributed by atoms with Crippen LogP contribution in [0.25, 0.3) is 0 Å². The number of rotatable bonds is 6. The van der Waals surface area contributed by atoms with Crippen molar-refractivity contribution in [2.75, 3.05) is 0 Å². The summed E-state index contributed by atoms with van der Waals surface area (Å²) < 4.78 is 77.6. The SMILES string of the molecule is C[C@@H](NC(=O)C1(O)CCC(N(C(=O)O)S(=O)(=O)c2ccc(C(F)(F)F)cc2)CC1)c1ccc(F)cc1. The van der Waals surface area contributed by atoms with Gasteiger partial charge in [-0.3, -0.25) is 4.79 Å². The van der Waals surface area contributed by atoms with Crippen LogP contribution in [-0.2, 0) is 21.0 Å². The zero-order valence-corrected chi connectivity index (χ0v) is 19.8. The molecule has 1 saturated carbocycles. The number of nitrogens with one attached hydrogen (secondary N) is 1. The van der Waals surface area contributed by atoms with Gasteiger partial charge in [0.2, 0.25) is 0 Å². The molecule has 2 aromatic carbocycles. The first-order chi connectivity index (χ1) is 16.6. The van der Waals surface area contributed by atoms with Crippen molar-refractivity contribution in [2.45, 2.75) is 61.4 Å². The fraction of sp³-hybridized carbons (Fsp3) is 0.391. The van der Waals surface area contributed by atoms with Gasteiger partial charge in [-0.05, 0) is 74.6 Å². The summed E-state index contributed by atoms with van der Waals surface area (Å²) in [6.07, 6.45) is -7.43. The van der Waals surface area contributed by atoms with Crippen LogP contribution in [0.3, 0.4) is 0 Å². The maximum absolute atomic E-state index is 13.1. The maximum atomic E-state index is 13.1. The van der Waals surface area contributed by atoms with Crippen LogP contribution in [0.4, 0.5) is 22.4 Å². The molecule has 196 valence electrons. The minimum absolute atomic E-state index is 0.161. The van der Waals surface area contributed by atoms with E-state index in [2.05, 4.69) is 5.32 Å². The Balaban J connectivity index is 1.72. The van der Waals surface area contributed by atoms with Crippen LogP contribution >= 0.6 is 0 Å². The van der Waals surface area contributed by atoms with Crippen molar-refractivity contribution >= 4 is 22.0 Å². The molecule has 0 heterocycles. The topological polar surface area (TPSA) is 124 Å². The molecule has 2 amide bonds. The molecule has 3 N–H and O–H groups in total. The Hall–Kier alpha value is -3.19. The standard InChI is InChI=1S/C23H24F4N2O6S/c1-14(15-2-6-17(24)7-3-15)28-20(30)22(33)12-10-18(11-13-22)29(21(31)32)36(34,35)19-8-4-16(5-9-19)23(25,26)27/h2-9,14,18,33H,10-13H2,1H3,(H,28,30)(H,31,32)/t14-,18?,22?/m1/s1. The van der Waals surface area contributed by atoms with Gasteiger partial charge in [0.25, 0.3) is 15.9 Å². The molecule has 0 aliphatic heterocycles. The molecule has 0 saturated heterocycles. The molecule has 13 heteroatoms. The average Bonchev–Trinajstić information content (AvgIpc) is 2.80. The predicted molar refractivity (Wildman–Crippen MR) is 119 cm³/mol. The van der Waals surface area contributed by atoms with Gasteiger partial charge in [0.15, 0.2) is 0 Å². The highest BCUT2D eigenvalue weighted by Crippen LogP contribution is 2.35. The van der Waals surface area contributed by atoms with E-state index >= 15 is 0 Å². The van der Waals surface area contributed by atoms with Gasteiger partial charge in [-0.25, -0.2) is 17.6 Å². The third kappa shape index (κ3) is 5.78. The first-order valence-electron chi connectivity index (χ1n) is 10.9. The Morgan fingerprint density at radius 3 is 2.06 bits per heavy atom. The minimum Gasteiger partial charge on any atom is -0.464 e. The fourth-order valence-corrected chi connectivity index (χ4v) is 5.61. The van der Waals surface area contributed by atoms with Crippen molar-refractivity contribution in [1.29, 1.82) is 0 Å². The number of sulfonamides is 1. The number of nitrogens with zero attached hydrogens (tertiary/aromatic N) is 1. The molecule has 0 unspecified atom stereocenters. The van der Waals surface area contributed by atoms with E-state index in [9.17, 15) is 45.8 Å². The van der Waals surface area contributed by atoms with E-state index in [4.69, 9.17) is 0 Å². The average molecular weight is 533 g/mol. The first-order valence-corrected chi connectivity index (χ1v) is 12.3. The van der Waals surface area contributed by atoms with E-state index in [1.807, 2.05) is 0 Å². The number of halogens is 4. The quantitative estimate of drug-likeness (QED) is 0.482. The number of aliphatic hydroxyl groups is 1. The summed E-state index contributed by atoms with van der Waals surface area (Å²) in [4.78, 5) is 24.0. The van der Waals surface area contributed by atoms with Crippen molar-refractivity contribution in [3.05, 3.63) is 65.5 Å². The summed E-state index contributed by atoms with van der Waals surface area (Å²) >= 11 is 0. The monoisotopic (exact) mass is 532 g/mol. The Bertz CT molecular complexity index is 1210. The van der Waals surface area contributed by atoms with Crippen molar-refractivity contribution < 1.29 is 45.8 Å². The minimum atomic E-state index is -4.72.